The van der Waals surface area contributed by atoms with Gasteiger partial charge >= 0.3 is 5.97 Å². The van der Waals surface area contributed by atoms with Crippen LogP contribution >= 0.6 is 0 Å². The number of para-hydroxylation sites is 1. The van der Waals surface area contributed by atoms with Crippen molar-refractivity contribution in [3.8, 4) is 0 Å². The van der Waals surface area contributed by atoms with Crippen molar-refractivity contribution in [2.24, 2.45) is 0 Å². The van der Waals surface area contributed by atoms with E-state index in [2.05, 4.69) is 36.2 Å². The van der Waals surface area contributed by atoms with Crippen LogP contribution in [0.15, 0.2) is 24.3 Å². The predicted octanol–water partition coefficient (Wildman–Crippen LogP) is 1.89. The molecule has 0 aliphatic carbocycles. The Hall–Kier alpha value is -1.55. The van der Waals surface area contributed by atoms with Gasteiger partial charge in [-0.3, -0.25) is 4.79 Å². The number of aryl methyl sites for hydroxylation is 1. The Morgan fingerprint density at radius 2 is 2.21 bits per heavy atom. The Morgan fingerprint density at radius 3 is 2.89 bits per heavy atom. The number of hydrogen-bond acceptors (Lipinski definition) is 3. The fourth-order valence-electron chi connectivity index (χ4n) is 2.73. The summed E-state index contributed by atoms with van der Waals surface area (Å²) in [7, 11) is 0. The largest absolute Gasteiger partial charge is 0.481 e. The number of carboxylic acids is 1. The van der Waals surface area contributed by atoms with E-state index in [9.17, 15) is 4.79 Å². The SMILES string of the molecule is CCc1ccccc1N1CC(C)NCC1CC(=O)O. The lowest BCUT2D eigenvalue weighted by Crippen LogP contribution is -2.56. The zero-order valence-corrected chi connectivity index (χ0v) is 11.6. The van der Waals surface area contributed by atoms with Gasteiger partial charge in [-0.05, 0) is 25.0 Å². The summed E-state index contributed by atoms with van der Waals surface area (Å²) in [6.07, 6.45) is 1.14. The van der Waals surface area contributed by atoms with Gasteiger partial charge in [0.1, 0.15) is 0 Å². The molecule has 2 N–H and O–H groups in total. The first-order valence-corrected chi connectivity index (χ1v) is 6.91. The molecule has 2 unspecified atom stereocenters. The predicted molar refractivity (Wildman–Crippen MR) is 76.7 cm³/mol. The summed E-state index contributed by atoms with van der Waals surface area (Å²) >= 11 is 0. The molecular weight excluding hydrogens is 240 g/mol. The Morgan fingerprint density at radius 1 is 1.47 bits per heavy atom. The summed E-state index contributed by atoms with van der Waals surface area (Å²) in [6.45, 7) is 5.86. The van der Waals surface area contributed by atoms with Gasteiger partial charge in [-0.2, -0.15) is 0 Å². The van der Waals surface area contributed by atoms with E-state index in [1.165, 1.54) is 11.3 Å². The number of aliphatic carboxylic acids is 1. The standard InChI is InChI=1S/C15H22N2O2/c1-3-12-6-4-5-7-14(12)17-10-11(2)16-9-13(17)8-15(18)19/h4-7,11,13,16H,3,8-10H2,1-2H3,(H,18,19). The summed E-state index contributed by atoms with van der Waals surface area (Å²) in [5.41, 5.74) is 2.47. The fourth-order valence-corrected chi connectivity index (χ4v) is 2.73. The van der Waals surface area contributed by atoms with Gasteiger partial charge in [-0.1, -0.05) is 25.1 Å². The van der Waals surface area contributed by atoms with Gasteiger partial charge in [-0.15, -0.1) is 0 Å². The van der Waals surface area contributed by atoms with E-state index >= 15 is 0 Å². The number of carbonyl (C=O) groups is 1. The Balaban J connectivity index is 2.28. The van der Waals surface area contributed by atoms with Crippen molar-refractivity contribution in [3.63, 3.8) is 0 Å². The summed E-state index contributed by atoms with van der Waals surface area (Å²) in [5.74, 6) is -0.736. The van der Waals surface area contributed by atoms with Gasteiger partial charge < -0.3 is 15.3 Å². The number of benzene rings is 1. The van der Waals surface area contributed by atoms with Crippen LogP contribution in [0.1, 0.15) is 25.8 Å². The van der Waals surface area contributed by atoms with Crippen LogP contribution < -0.4 is 10.2 Å². The number of rotatable bonds is 4. The molecule has 0 bridgehead atoms. The molecule has 1 aromatic carbocycles. The van der Waals surface area contributed by atoms with Crippen LogP contribution in [0.25, 0.3) is 0 Å². The van der Waals surface area contributed by atoms with Gasteiger partial charge in [0.15, 0.2) is 0 Å². The van der Waals surface area contributed by atoms with Gasteiger partial charge in [0.25, 0.3) is 0 Å². The molecule has 1 aliphatic rings. The van der Waals surface area contributed by atoms with Gasteiger partial charge in [0.2, 0.25) is 0 Å². The maximum atomic E-state index is 11.0. The van der Waals surface area contributed by atoms with Gasteiger partial charge in [-0.25, -0.2) is 0 Å². The number of hydrogen-bond donors (Lipinski definition) is 2. The normalized spacial score (nSPS) is 23.4. The average Bonchev–Trinajstić information content (AvgIpc) is 2.40. The van der Waals surface area contributed by atoms with Crippen LogP contribution in [0.2, 0.25) is 0 Å². The van der Waals surface area contributed by atoms with Crippen molar-refractivity contribution < 1.29 is 9.90 Å². The van der Waals surface area contributed by atoms with Crippen molar-refractivity contribution >= 4 is 11.7 Å². The van der Waals surface area contributed by atoms with E-state index in [0.717, 1.165) is 19.5 Å². The first-order valence-electron chi connectivity index (χ1n) is 6.91. The van der Waals surface area contributed by atoms with Gasteiger partial charge in [0, 0.05) is 24.8 Å². The molecule has 104 valence electrons. The van der Waals surface area contributed by atoms with E-state index in [1.807, 2.05) is 12.1 Å². The highest BCUT2D eigenvalue weighted by molar-refractivity contribution is 5.69. The van der Waals surface area contributed by atoms with Crippen LogP contribution in [0.3, 0.4) is 0 Å². The number of piperazine rings is 1. The van der Waals surface area contributed by atoms with Crippen molar-refractivity contribution in [1.82, 2.24) is 5.32 Å². The number of nitrogens with zero attached hydrogens (tertiary/aromatic N) is 1. The summed E-state index contributed by atoms with van der Waals surface area (Å²) in [5, 5.41) is 12.4. The zero-order chi connectivity index (χ0) is 13.8. The first kappa shape index (κ1) is 13.9. The van der Waals surface area contributed by atoms with Crippen LogP contribution in [0.4, 0.5) is 5.69 Å². The Bertz CT molecular complexity index is 448. The monoisotopic (exact) mass is 262 g/mol. The third-order valence-corrected chi connectivity index (χ3v) is 3.71. The van der Waals surface area contributed by atoms with Gasteiger partial charge in [0.05, 0.1) is 12.5 Å². The van der Waals surface area contributed by atoms with Crippen molar-refractivity contribution in [2.75, 3.05) is 18.0 Å². The highest BCUT2D eigenvalue weighted by Gasteiger charge is 2.28. The second-order valence-corrected chi connectivity index (χ2v) is 5.20. The molecule has 1 aromatic rings. The summed E-state index contributed by atoms with van der Waals surface area (Å²) in [4.78, 5) is 13.3. The molecule has 19 heavy (non-hydrogen) atoms. The van der Waals surface area contributed by atoms with Crippen LogP contribution in [0.5, 0.6) is 0 Å². The number of anilines is 1. The van der Waals surface area contributed by atoms with Crippen LogP contribution in [-0.2, 0) is 11.2 Å². The zero-order valence-electron chi connectivity index (χ0n) is 11.6. The highest BCUT2D eigenvalue weighted by Crippen LogP contribution is 2.26. The average molecular weight is 262 g/mol. The number of carboxylic acid groups (broad SMARTS) is 1. The minimum atomic E-state index is -0.736. The second-order valence-electron chi connectivity index (χ2n) is 5.20. The lowest BCUT2D eigenvalue weighted by molar-refractivity contribution is -0.137. The van der Waals surface area contributed by atoms with Crippen molar-refractivity contribution in [2.45, 2.75) is 38.8 Å². The lowest BCUT2D eigenvalue weighted by atomic mass is 10.0. The highest BCUT2D eigenvalue weighted by atomic mass is 16.4. The van der Waals surface area contributed by atoms with E-state index in [-0.39, 0.29) is 12.5 Å². The maximum absolute atomic E-state index is 11.0. The van der Waals surface area contributed by atoms with Crippen molar-refractivity contribution in [1.29, 1.82) is 0 Å². The molecule has 1 fully saturated rings. The molecule has 0 radical (unpaired) electrons. The molecule has 4 nitrogen and oxygen atoms in total. The third kappa shape index (κ3) is 3.26. The molecule has 1 aliphatic heterocycles. The topological polar surface area (TPSA) is 52.6 Å². The molecule has 0 amide bonds. The molecule has 4 heteroatoms. The minimum absolute atomic E-state index is 0.0291. The molecule has 1 saturated heterocycles. The van der Waals surface area contributed by atoms with Crippen molar-refractivity contribution in [3.05, 3.63) is 29.8 Å². The molecule has 2 rings (SSSR count). The van der Waals surface area contributed by atoms with E-state index < -0.39 is 5.97 Å². The quantitative estimate of drug-likeness (QED) is 0.870. The molecule has 1 heterocycles. The maximum Gasteiger partial charge on any atom is 0.305 e. The van der Waals surface area contributed by atoms with E-state index in [0.29, 0.717) is 6.04 Å². The second kappa shape index (κ2) is 6.06. The minimum Gasteiger partial charge on any atom is -0.481 e. The van der Waals surface area contributed by atoms with E-state index in [1.54, 1.807) is 0 Å². The third-order valence-electron chi connectivity index (χ3n) is 3.71. The Labute approximate surface area is 114 Å². The summed E-state index contributed by atoms with van der Waals surface area (Å²) < 4.78 is 0. The van der Waals surface area contributed by atoms with Crippen LogP contribution in [-0.4, -0.2) is 36.2 Å². The molecule has 0 spiro atoms. The smallest absolute Gasteiger partial charge is 0.305 e. The Kier molecular flexibility index (Phi) is 4.43. The van der Waals surface area contributed by atoms with E-state index in [4.69, 9.17) is 5.11 Å². The molecular formula is C15H22N2O2. The first-order chi connectivity index (χ1) is 9.11. The molecule has 0 saturated carbocycles. The summed E-state index contributed by atoms with van der Waals surface area (Å²) in [6, 6.07) is 8.71. The molecule has 0 aromatic heterocycles. The molecule has 2 atom stereocenters. The number of nitrogens with one attached hydrogen (secondary N) is 1. The fraction of sp³-hybridized carbons (Fsp3) is 0.533. The van der Waals surface area contributed by atoms with Crippen LogP contribution in [0, 0.1) is 0 Å². The lowest BCUT2D eigenvalue weighted by Gasteiger charge is -2.41.